The highest BCUT2D eigenvalue weighted by Gasteiger charge is 2.39. The molecule has 3 fully saturated rings. The molecule has 0 saturated carbocycles. The van der Waals surface area contributed by atoms with Crippen molar-refractivity contribution in [2.24, 2.45) is 5.92 Å². The topological polar surface area (TPSA) is 43.9 Å². The molecule has 5 nitrogen and oxygen atoms in total. The highest BCUT2D eigenvalue weighted by Crippen LogP contribution is 2.30. The van der Waals surface area contributed by atoms with E-state index in [2.05, 4.69) is 12.1 Å². The fourth-order valence-electron chi connectivity index (χ4n) is 4.64. The number of nitrogens with zero attached hydrogens (tertiary/aromatic N) is 3. The van der Waals surface area contributed by atoms with Gasteiger partial charge in [0.2, 0.25) is 0 Å². The monoisotopic (exact) mass is 341 g/mol. The van der Waals surface area contributed by atoms with E-state index in [1.807, 2.05) is 15.9 Å². The van der Waals surface area contributed by atoms with Crippen molar-refractivity contribution in [2.45, 2.75) is 38.1 Å². The van der Waals surface area contributed by atoms with E-state index in [9.17, 15) is 9.59 Å². The molecule has 0 N–H and O–H groups in total. The van der Waals surface area contributed by atoms with Crippen molar-refractivity contribution in [3.63, 3.8) is 0 Å². The Morgan fingerprint density at radius 2 is 1.84 bits per heavy atom. The van der Waals surface area contributed by atoms with Gasteiger partial charge in [-0.25, -0.2) is 4.79 Å². The summed E-state index contributed by atoms with van der Waals surface area (Å²) in [6.07, 6.45) is 5.53. The second kappa shape index (κ2) is 6.36. The molecule has 1 aromatic rings. The van der Waals surface area contributed by atoms with Gasteiger partial charge in [0.1, 0.15) is 0 Å². The summed E-state index contributed by atoms with van der Waals surface area (Å²) in [4.78, 5) is 31.2. The molecule has 3 aliphatic heterocycles. The van der Waals surface area contributed by atoms with E-state index in [1.54, 1.807) is 19.0 Å². The van der Waals surface area contributed by atoms with Crippen LogP contribution in [0.5, 0.6) is 0 Å². The first kappa shape index (κ1) is 16.4. The largest absolute Gasteiger partial charge is 0.334 e. The average Bonchev–Trinajstić information content (AvgIpc) is 2.89. The Balaban J connectivity index is 1.55. The number of rotatable bonds is 1. The summed E-state index contributed by atoms with van der Waals surface area (Å²) in [5.41, 5.74) is 3.56. The van der Waals surface area contributed by atoms with Crippen LogP contribution in [-0.2, 0) is 12.8 Å². The molecule has 0 radical (unpaired) electrons. The van der Waals surface area contributed by atoms with Gasteiger partial charge in [-0.2, -0.15) is 0 Å². The summed E-state index contributed by atoms with van der Waals surface area (Å²) >= 11 is 0. The Hall–Kier alpha value is -2.04. The number of benzene rings is 1. The number of fused-ring (bicyclic) bond motifs is 5. The summed E-state index contributed by atoms with van der Waals surface area (Å²) in [7, 11) is 3.59. The number of aryl methyl sites for hydroxylation is 2. The van der Waals surface area contributed by atoms with Crippen LogP contribution in [0.3, 0.4) is 0 Å². The van der Waals surface area contributed by atoms with Gasteiger partial charge in [-0.15, -0.1) is 0 Å². The third-order valence-electron chi connectivity index (χ3n) is 5.97. The quantitative estimate of drug-likeness (QED) is 0.787. The average molecular weight is 341 g/mol. The fraction of sp³-hybridized carbons (Fsp3) is 0.600. The Kier molecular flexibility index (Phi) is 4.18. The summed E-state index contributed by atoms with van der Waals surface area (Å²) in [5, 5.41) is 0. The first-order valence-corrected chi connectivity index (χ1v) is 9.42. The lowest BCUT2D eigenvalue weighted by atomic mass is 9.94. The molecule has 2 bridgehead atoms. The summed E-state index contributed by atoms with van der Waals surface area (Å²) in [6.45, 7) is 2.20. The van der Waals surface area contributed by atoms with Gasteiger partial charge in [0.25, 0.3) is 5.91 Å². The number of piperidine rings is 1. The maximum atomic E-state index is 13.2. The molecule has 3 amide bonds. The zero-order valence-corrected chi connectivity index (χ0v) is 15.2. The predicted molar refractivity (Wildman–Crippen MR) is 96.7 cm³/mol. The van der Waals surface area contributed by atoms with E-state index in [1.165, 1.54) is 17.5 Å². The highest BCUT2D eigenvalue weighted by atomic mass is 16.2. The van der Waals surface area contributed by atoms with Crippen LogP contribution in [0.25, 0.3) is 0 Å². The number of urea groups is 1. The van der Waals surface area contributed by atoms with Gasteiger partial charge >= 0.3 is 6.03 Å². The standard InChI is InChI=1S/C20H27N3O2/c1-21(2)20(25)22-11-14-6-9-18(13-22)23(12-14)19(24)17-8-7-15-4-3-5-16(15)10-17/h7-8,10,14,18H,3-6,9,11-13H2,1-2H3/t14-,18+/m0/s1. The van der Waals surface area contributed by atoms with Crippen molar-refractivity contribution in [3.05, 3.63) is 34.9 Å². The van der Waals surface area contributed by atoms with Crippen molar-refractivity contribution in [3.8, 4) is 0 Å². The van der Waals surface area contributed by atoms with E-state index in [4.69, 9.17) is 0 Å². The number of hydrogen-bond acceptors (Lipinski definition) is 2. The Bertz CT molecular complexity index is 700. The SMILES string of the molecule is CN(C)C(=O)N1C[C@@H]2CC[C@H](C1)N(C(=O)c1ccc3c(c1)CCC3)C2. The molecule has 134 valence electrons. The van der Waals surface area contributed by atoms with Crippen LogP contribution in [-0.4, -0.2) is 66.4 Å². The second-order valence-corrected chi connectivity index (χ2v) is 7.97. The molecule has 4 aliphatic rings. The number of hydrogen-bond donors (Lipinski definition) is 0. The smallest absolute Gasteiger partial charge is 0.319 e. The van der Waals surface area contributed by atoms with Crippen molar-refractivity contribution in [1.82, 2.24) is 14.7 Å². The molecule has 2 atom stereocenters. The second-order valence-electron chi connectivity index (χ2n) is 7.97. The number of carbonyl (C=O) groups excluding carboxylic acids is 2. The van der Waals surface area contributed by atoms with Crippen LogP contribution >= 0.6 is 0 Å². The van der Waals surface area contributed by atoms with Crippen molar-refractivity contribution in [2.75, 3.05) is 33.7 Å². The van der Waals surface area contributed by atoms with Crippen LogP contribution in [0.15, 0.2) is 18.2 Å². The highest BCUT2D eigenvalue weighted by molar-refractivity contribution is 5.95. The van der Waals surface area contributed by atoms with Gasteiger partial charge in [0.15, 0.2) is 0 Å². The van der Waals surface area contributed by atoms with Crippen LogP contribution in [0.4, 0.5) is 4.79 Å². The molecule has 3 heterocycles. The van der Waals surface area contributed by atoms with Gasteiger partial charge in [0.05, 0.1) is 0 Å². The van der Waals surface area contributed by atoms with E-state index < -0.39 is 0 Å². The summed E-state index contributed by atoms with van der Waals surface area (Å²) < 4.78 is 0. The molecule has 25 heavy (non-hydrogen) atoms. The summed E-state index contributed by atoms with van der Waals surface area (Å²) in [6, 6.07) is 6.43. The minimum atomic E-state index is 0.0590. The summed E-state index contributed by atoms with van der Waals surface area (Å²) in [5.74, 6) is 0.532. The molecule has 3 saturated heterocycles. The zero-order valence-electron chi connectivity index (χ0n) is 15.2. The lowest BCUT2D eigenvalue weighted by Gasteiger charge is -2.36. The number of carbonyl (C=O) groups is 2. The Morgan fingerprint density at radius 3 is 2.64 bits per heavy atom. The van der Waals surface area contributed by atoms with Gasteiger partial charge < -0.3 is 14.7 Å². The van der Waals surface area contributed by atoms with E-state index in [-0.39, 0.29) is 18.0 Å². The molecule has 0 spiro atoms. The molecular formula is C20H27N3O2. The van der Waals surface area contributed by atoms with Crippen molar-refractivity contribution in [1.29, 1.82) is 0 Å². The maximum Gasteiger partial charge on any atom is 0.319 e. The first-order valence-electron chi connectivity index (χ1n) is 9.42. The van der Waals surface area contributed by atoms with Crippen molar-refractivity contribution < 1.29 is 9.59 Å². The predicted octanol–water partition coefficient (Wildman–Crippen LogP) is 2.39. The minimum Gasteiger partial charge on any atom is -0.334 e. The first-order chi connectivity index (χ1) is 12.0. The lowest BCUT2D eigenvalue weighted by molar-refractivity contribution is 0.0585. The van der Waals surface area contributed by atoms with E-state index in [0.717, 1.165) is 44.3 Å². The molecule has 1 aliphatic carbocycles. The molecular weight excluding hydrogens is 314 g/mol. The third-order valence-corrected chi connectivity index (χ3v) is 5.97. The number of amides is 3. The van der Waals surface area contributed by atoms with Crippen LogP contribution in [0.2, 0.25) is 0 Å². The molecule has 5 rings (SSSR count). The van der Waals surface area contributed by atoms with E-state index in [0.29, 0.717) is 12.5 Å². The van der Waals surface area contributed by atoms with Crippen LogP contribution in [0, 0.1) is 5.92 Å². The van der Waals surface area contributed by atoms with Gasteiger partial charge in [-0.3, -0.25) is 4.79 Å². The van der Waals surface area contributed by atoms with Crippen molar-refractivity contribution >= 4 is 11.9 Å². The van der Waals surface area contributed by atoms with E-state index >= 15 is 0 Å². The van der Waals surface area contributed by atoms with Gasteiger partial charge in [0, 0.05) is 45.3 Å². The zero-order chi connectivity index (χ0) is 17.6. The molecule has 1 aromatic carbocycles. The van der Waals surface area contributed by atoms with Gasteiger partial charge in [-0.05, 0) is 61.3 Å². The molecule has 5 heteroatoms. The Morgan fingerprint density at radius 1 is 1.04 bits per heavy atom. The third kappa shape index (κ3) is 3.00. The minimum absolute atomic E-state index is 0.0590. The molecule has 0 aromatic heterocycles. The van der Waals surface area contributed by atoms with Crippen LogP contribution < -0.4 is 0 Å². The Labute approximate surface area is 149 Å². The normalized spacial score (nSPS) is 24.9. The molecule has 0 unspecified atom stereocenters. The van der Waals surface area contributed by atoms with Crippen LogP contribution in [0.1, 0.15) is 40.7 Å². The fourth-order valence-corrected chi connectivity index (χ4v) is 4.64. The lowest BCUT2D eigenvalue weighted by Crippen LogP contribution is -2.48. The maximum absolute atomic E-state index is 13.2. The van der Waals surface area contributed by atoms with Gasteiger partial charge in [-0.1, -0.05) is 6.07 Å².